The van der Waals surface area contributed by atoms with E-state index in [-0.39, 0.29) is 17.9 Å². The van der Waals surface area contributed by atoms with Gasteiger partial charge in [0.05, 0.1) is 6.61 Å². The van der Waals surface area contributed by atoms with Crippen LogP contribution >= 0.6 is 15.9 Å². The highest BCUT2D eigenvalue weighted by Gasteiger charge is 2.30. The van der Waals surface area contributed by atoms with Gasteiger partial charge in [-0.2, -0.15) is 0 Å². The quantitative estimate of drug-likeness (QED) is 0.242. The molecule has 0 aliphatic heterocycles. The van der Waals surface area contributed by atoms with E-state index in [1.807, 2.05) is 99.6 Å². The second kappa shape index (κ2) is 14.6. The average molecular weight is 566 g/mol. The molecular weight excluding hydrogens is 528 g/mol. The molecule has 0 aliphatic carbocycles. The molecule has 0 saturated heterocycles. The number of hydrogen-bond donors (Lipinski definition) is 1. The van der Waals surface area contributed by atoms with E-state index in [1.54, 1.807) is 4.90 Å². The maximum atomic E-state index is 13.6. The number of ether oxygens (including phenoxy) is 1. The van der Waals surface area contributed by atoms with Crippen molar-refractivity contribution in [2.45, 2.75) is 65.1 Å². The van der Waals surface area contributed by atoms with Gasteiger partial charge in [0.25, 0.3) is 0 Å². The monoisotopic (exact) mass is 564 g/mol. The number of carbonyl (C=O) groups excluding carboxylic acids is 2. The van der Waals surface area contributed by atoms with Gasteiger partial charge in [0.15, 0.2) is 0 Å². The van der Waals surface area contributed by atoms with Crippen molar-refractivity contribution in [3.05, 3.63) is 100 Å². The normalized spacial score (nSPS) is 12.4. The van der Waals surface area contributed by atoms with Gasteiger partial charge in [-0.25, -0.2) is 0 Å². The fourth-order valence-electron chi connectivity index (χ4n) is 3.97. The van der Waals surface area contributed by atoms with Crippen LogP contribution in [0.15, 0.2) is 83.3 Å². The Labute approximate surface area is 229 Å². The molecule has 37 heavy (non-hydrogen) atoms. The number of nitrogens with one attached hydrogen (secondary N) is 1. The van der Waals surface area contributed by atoms with Crippen LogP contribution in [-0.2, 0) is 22.6 Å². The number of amides is 2. The summed E-state index contributed by atoms with van der Waals surface area (Å²) < 4.78 is 6.81. The van der Waals surface area contributed by atoms with E-state index in [0.717, 1.165) is 27.8 Å². The topological polar surface area (TPSA) is 58.6 Å². The van der Waals surface area contributed by atoms with E-state index in [0.29, 0.717) is 32.4 Å². The number of rotatable bonds is 13. The fraction of sp³-hybridized carbons (Fsp3) is 0.355. The lowest BCUT2D eigenvalue weighted by Crippen LogP contribution is -2.52. The van der Waals surface area contributed by atoms with E-state index in [9.17, 15) is 9.59 Å². The van der Waals surface area contributed by atoms with Crippen LogP contribution in [0, 0.1) is 6.92 Å². The maximum absolute atomic E-state index is 13.6. The second-order valence-electron chi connectivity index (χ2n) is 9.44. The van der Waals surface area contributed by atoms with Crippen LogP contribution in [0.25, 0.3) is 0 Å². The summed E-state index contributed by atoms with van der Waals surface area (Å²) in [5.41, 5.74) is 3.16. The van der Waals surface area contributed by atoms with Crippen LogP contribution in [0.5, 0.6) is 5.75 Å². The number of aryl methyl sites for hydroxylation is 1. The molecule has 0 saturated carbocycles. The third-order valence-corrected chi connectivity index (χ3v) is 6.89. The van der Waals surface area contributed by atoms with Crippen LogP contribution in [0.1, 0.15) is 49.8 Å². The van der Waals surface area contributed by atoms with Gasteiger partial charge in [-0.15, -0.1) is 0 Å². The summed E-state index contributed by atoms with van der Waals surface area (Å²) in [4.78, 5) is 28.9. The minimum atomic E-state index is -0.620. The predicted molar refractivity (Wildman–Crippen MR) is 152 cm³/mol. The lowest BCUT2D eigenvalue weighted by molar-refractivity contribution is -0.141. The van der Waals surface area contributed by atoms with Crippen molar-refractivity contribution in [1.82, 2.24) is 10.2 Å². The molecule has 3 aromatic carbocycles. The van der Waals surface area contributed by atoms with E-state index < -0.39 is 6.04 Å². The molecule has 0 heterocycles. The van der Waals surface area contributed by atoms with Crippen molar-refractivity contribution in [3.8, 4) is 5.75 Å². The third-order valence-electron chi connectivity index (χ3n) is 6.36. The first kappa shape index (κ1) is 28.5. The molecule has 2 amide bonds. The molecule has 2 atom stereocenters. The molecule has 0 radical (unpaired) electrons. The summed E-state index contributed by atoms with van der Waals surface area (Å²) in [6.07, 6.45) is 2.13. The highest BCUT2D eigenvalue weighted by atomic mass is 79.9. The molecule has 0 aromatic heterocycles. The third kappa shape index (κ3) is 9.36. The van der Waals surface area contributed by atoms with Crippen LogP contribution < -0.4 is 10.1 Å². The Morgan fingerprint density at radius 2 is 1.62 bits per heavy atom. The fourth-order valence-corrected chi connectivity index (χ4v) is 4.24. The Hall–Kier alpha value is -3.12. The first-order valence-corrected chi connectivity index (χ1v) is 13.7. The highest BCUT2D eigenvalue weighted by molar-refractivity contribution is 9.10. The van der Waals surface area contributed by atoms with E-state index >= 15 is 0 Å². The Morgan fingerprint density at radius 1 is 0.946 bits per heavy atom. The van der Waals surface area contributed by atoms with Crippen molar-refractivity contribution < 1.29 is 14.3 Å². The van der Waals surface area contributed by atoms with Crippen molar-refractivity contribution in [1.29, 1.82) is 0 Å². The number of nitrogens with zero attached hydrogens (tertiary/aromatic N) is 1. The van der Waals surface area contributed by atoms with Gasteiger partial charge >= 0.3 is 0 Å². The van der Waals surface area contributed by atoms with Gasteiger partial charge in [-0.1, -0.05) is 83.0 Å². The molecule has 6 heteroatoms. The van der Waals surface area contributed by atoms with Crippen LogP contribution in [0.2, 0.25) is 0 Å². The second-order valence-corrected chi connectivity index (χ2v) is 10.4. The zero-order valence-corrected chi connectivity index (χ0v) is 23.5. The van der Waals surface area contributed by atoms with Gasteiger partial charge in [-0.05, 0) is 62.1 Å². The molecule has 1 N–H and O–H groups in total. The summed E-state index contributed by atoms with van der Waals surface area (Å²) >= 11 is 3.48. The molecule has 2 unspecified atom stereocenters. The van der Waals surface area contributed by atoms with Crippen molar-refractivity contribution in [2.75, 3.05) is 6.61 Å². The van der Waals surface area contributed by atoms with Gasteiger partial charge in [0.1, 0.15) is 11.8 Å². The van der Waals surface area contributed by atoms with Crippen LogP contribution in [-0.4, -0.2) is 35.4 Å². The van der Waals surface area contributed by atoms with Gasteiger partial charge in [-0.3, -0.25) is 9.59 Å². The summed E-state index contributed by atoms with van der Waals surface area (Å²) in [5.74, 6) is 0.606. The number of halogens is 1. The Bertz CT molecular complexity index is 1120. The molecule has 0 spiro atoms. The zero-order valence-electron chi connectivity index (χ0n) is 22.0. The highest BCUT2D eigenvalue weighted by Crippen LogP contribution is 2.19. The number of carbonyl (C=O) groups is 2. The molecule has 3 rings (SSSR count). The van der Waals surface area contributed by atoms with Crippen molar-refractivity contribution in [2.24, 2.45) is 0 Å². The summed E-state index contributed by atoms with van der Waals surface area (Å²) in [6.45, 7) is 6.85. The Kier molecular flexibility index (Phi) is 11.2. The van der Waals surface area contributed by atoms with E-state index in [4.69, 9.17) is 4.74 Å². The lowest BCUT2D eigenvalue weighted by Gasteiger charge is -2.32. The smallest absolute Gasteiger partial charge is 0.243 e. The molecule has 5 nitrogen and oxygen atoms in total. The Morgan fingerprint density at radius 3 is 2.27 bits per heavy atom. The minimum absolute atomic E-state index is 0.0262. The maximum Gasteiger partial charge on any atom is 0.243 e. The van der Waals surface area contributed by atoms with Crippen molar-refractivity contribution in [3.63, 3.8) is 0 Å². The summed E-state index contributed by atoms with van der Waals surface area (Å²) in [7, 11) is 0. The van der Waals surface area contributed by atoms with Gasteiger partial charge < -0.3 is 15.0 Å². The first-order valence-electron chi connectivity index (χ1n) is 12.9. The molecule has 0 aliphatic rings. The molecular formula is C31H37BrN2O3. The lowest BCUT2D eigenvalue weighted by atomic mass is 10.0. The summed E-state index contributed by atoms with van der Waals surface area (Å²) in [5, 5.41) is 3.11. The predicted octanol–water partition coefficient (Wildman–Crippen LogP) is 6.47. The van der Waals surface area contributed by atoms with Crippen LogP contribution in [0.3, 0.4) is 0 Å². The summed E-state index contributed by atoms with van der Waals surface area (Å²) in [6, 6.07) is 25.0. The molecule has 0 fully saturated rings. The van der Waals surface area contributed by atoms with E-state index in [2.05, 4.69) is 21.2 Å². The Balaban J connectivity index is 1.78. The zero-order chi connectivity index (χ0) is 26.6. The van der Waals surface area contributed by atoms with Crippen LogP contribution in [0.4, 0.5) is 0 Å². The molecule has 3 aromatic rings. The van der Waals surface area contributed by atoms with Crippen molar-refractivity contribution >= 4 is 27.7 Å². The number of benzene rings is 3. The molecule has 0 bridgehead atoms. The first-order chi connectivity index (χ1) is 17.9. The number of hydrogen-bond acceptors (Lipinski definition) is 3. The molecule has 196 valence electrons. The largest absolute Gasteiger partial charge is 0.494 e. The SMILES string of the molecule is CCC(C)NC(=O)C(Cc1ccccc1)N(Cc1ccc(Br)cc1)C(=O)CCCOc1ccc(C)cc1. The van der Waals surface area contributed by atoms with E-state index in [1.165, 1.54) is 5.56 Å². The minimum Gasteiger partial charge on any atom is -0.494 e. The van der Waals surface area contributed by atoms with Gasteiger partial charge in [0.2, 0.25) is 11.8 Å². The standard InChI is InChI=1S/C31H37BrN2O3/c1-4-24(3)33-31(36)29(21-25-9-6-5-7-10-25)34(22-26-14-16-27(32)17-15-26)30(35)11-8-20-37-28-18-12-23(2)13-19-28/h5-7,9-10,12-19,24,29H,4,8,11,20-22H2,1-3H3,(H,33,36). The van der Waals surface area contributed by atoms with Gasteiger partial charge in [0, 0.05) is 29.9 Å². The average Bonchev–Trinajstić information content (AvgIpc) is 2.91.